The van der Waals surface area contributed by atoms with Crippen LogP contribution in [0.15, 0.2) is 144 Å². The van der Waals surface area contributed by atoms with E-state index in [0.29, 0.717) is 5.56 Å². The largest absolute Gasteiger partial charge is 0.501 e. The summed E-state index contributed by atoms with van der Waals surface area (Å²) in [5, 5.41) is 3.51. The molecule has 0 fully saturated rings. The minimum Gasteiger partial charge on any atom is -0.501 e. The second-order valence-electron chi connectivity index (χ2n) is 20.6. The molecule has 10 rings (SSSR count). The molecule has 1 radical (unpaired) electrons. The summed E-state index contributed by atoms with van der Waals surface area (Å²) in [5.74, 6) is 1.37. The molecule has 0 saturated heterocycles. The van der Waals surface area contributed by atoms with E-state index < -0.39 is 14.9 Å². The molecule has 357 valence electrons. The Morgan fingerprint density at radius 1 is 0.714 bits per heavy atom. The second kappa shape index (κ2) is 19.9. The Bertz CT molecular complexity index is 3580. The van der Waals surface area contributed by atoms with Gasteiger partial charge in [-0.15, -0.1) is 53.6 Å². The van der Waals surface area contributed by atoms with Crippen LogP contribution < -0.4 is 5.19 Å². The van der Waals surface area contributed by atoms with Gasteiger partial charge in [-0.05, 0) is 101 Å². The van der Waals surface area contributed by atoms with E-state index in [1.165, 1.54) is 44.3 Å². The molecule has 0 atom stereocenters. The number of benzene rings is 6. The Kier molecular flexibility index (Phi) is 13.1. The van der Waals surface area contributed by atoms with Crippen molar-refractivity contribution in [3.8, 4) is 39.5 Å². The molecule has 0 aliphatic carbocycles. The van der Waals surface area contributed by atoms with Crippen LogP contribution >= 0.6 is 0 Å². The van der Waals surface area contributed by atoms with Crippen LogP contribution in [0.3, 0.4) is 0 Å². The van der Waals surface area contributed by atoms with Gasteiger partial charge in [0.1, 0.15) is 5.58 Å². The zero-order valence-corrected chi connectivity index (χ0v) is 45.9. The molecule has 0 amide bonds. The molecular formula is C63H64IrN4OSi-2. The van der Waals surface area contributed by atoms with Gasteiger partial charge in [-0.2, -0.15) is 0 Å². The van der Waals surface area contributed by atoms with E-state index in [-0.39, 0.29) is 37.4 Å². The number of furan rings is 1. The average Bonchev–Trinajstić information content (AvgIpc) is 3.95. The van der Waals surface area contributed by atoms with Crippen LogP contribution in [0.1, 0.15) is 102 Å². The van der Waals surface area contributed by atoms with E-state index in [2.05, 4.69) is 190 Å². The Labute approximate surface area is 434 Å². The zero-order valence-electron chi connectivity index (χ0n) is 45.5. The topological polar surface area (TPSA) is 56.7 Å². The SMILES string of the molecule is Cc1nc(C)c2c(nc(-c3[c-]ccc4c3oc3ccccc34)n2-c2c(C(C)C)cc(-c3ccccc3)cc2C(C)C)c1C.[2H]C([2H])([2H])c1c[c-]c(-c2cc(C(C)(C)c3ccccc3)c([Si](C)(C)C)cn2)cc1.[Ir]. The van der Waals surface area contributed by atoms with Gasteiger partial charge in [0.2, 0.25) is 0 Å². The molecule has 0 spiro atoms. The molecule has 0 aliphatic heterocycles. The van der Waals surface area contributed by atoms with Crippen molar-refractivity contribution in [2.45, 2.75) is 106 Å². The van der Waals surface area contributed by atoms with Gasteiger partial charge >= 0.3 is 0 Å². The minimum absolute atomic E-state index is 0. The first-order valence-corrected chi connectivity index (χ1v) is 27.7. The first-order valence-electron chi connectivity index (χ1n) is 25.7. The van der Waals surface area contributed by atoms with Crippen molar-refractivity contribution >= 4 is 46.2 Å². The van der Waals surface area contributed by atoms with E-state index in [1.807, 2.05) is 30.5 Å². The monoisotopic (exact) mass is 1120 g/mol. The summed E-state index contributed by atoms with van der Waals surface area (Å²) < 4.78 is 31.6. The maximum absolute atomic E-state index is 7.56. The van der Waals surface area contributed by atoms with Gasteiger partial charge in [0.25, 0.3) is 0 Å². The number of para-hydroxylation sites is 1. The van der Waals surface area contributed by atoms with Crippen molar-refractivity contribution in [3.05, 3.63) is 197 Å². The van der Waals surface area contributed by atoms with Crippen molar-refractivity contribution in [3.63, 3.8) is 0 Å². The molecule has 4 aromatic heterocycles. The fraction of sp³-hybridized carbons (Fsp3) is 0.254. The van der Waals surface area contributed by atoms with E-state index in [0.717, 1.165) is 72.6 Å². The van der Waals surface area contributed by atoms with Crippen LogP contribution in [0.2, 0.25) is 19.6 Å². The Balaban J connectivity index is 0.000000208. The number of aryl methyl sites for hydroxylation is 4. The van der Waals surface area contributed by atoms with E-state index in [1.54, 1.807) is 18.2 Å². The Hall–Kier alpha value is -6.24. The molecule has 0 N–H and O–H groups in total. The molecule has 70 heavy (non-hydrogen) atoms. The summed E-state index contributed by atoms with van der Waals surface area (Å²) in [5.41, 5.74) is 18.1. The molecule has 0 unspecified atom stereocenters. The number of rotatable bonds is 9. The summed E-state index contributed by atoms with van der Waals surface area (Å²) in [4.78, 5) is 15.2. The van der Waals surface area contributed by atoms with Gasteiger partial charge in [-0.25, -0.2) is 0 Å². The first-order chi connectivity index (χ1) is 34.1. The van der Waals surface area contributed by atoms with Gasteiger partial charge in [0, 0.05) is 52.6 Å². The molecule has 5 nitrogen and oxygen atoms in total. The maximum Gasteiger partial charge on any atom is 0.120 e. The van der Waals surface area contributed by atoms with Crippen LogP contribution in [-0.2, 0) is 25.5 Å². The molecule has 0 saturated carbocycles. The minimum atomic E-state index is -2.12. The number of aromatic nitrogens is 4. The third-order valence-corrected chi connectivity index (χ3v) is 15.7. The Morgan fingerprint density at radius 2 is 1.37 bits per heavy atom. The molecule has 7 heteroatoms. The summed E-state index contributed by atoms with van der Waals surface area (Å²) in [6, 6.07) is 52.1. The Morgan fingerprint density at radius 3 is 2.00 bits per heavy atom. The molecular weight excluding hydrogens is 1050 g/mol. The molecule has 0 aliphatic rings. The van der Waals surface area contributed by atoms with Crippen LogP contribution in [0.4, 0.5) is 0 Å². The number of nitrogens with zero attached hydrogens (tertiary/aromatic N) is 4. The number of hydrogen-bond acceptors (Lipinski definition) is 4. The van der Waals surface area contributed by atoms with Crippen LogP contribution in [-0.4, -0.2) is 27.6 Å². The van der Waals surface area contributed by atoms with Crippen molar-refractivity contribution in [1.82, 2.24) is 19.5 Å². The van der Waals surface area contributed by atoms with Crippen LogP contribution in [0.25, 0.3) is 72.4 Å². The average molecular weight is 1120 g/mol. The normalized spacial score (nSPS) is 12.7. The quantitative estimate of drug-likeness (QED) is 0.107. The molecule has 4 heterocycles. The number of fused-ring (bicyclic) bond motifs is 4. The molecule has 10 aromatic rings. The summed E-state index contributed by atoms with van der Waals surface area (Å²) in [6.45, 7) is 24.8. The van der Waals surface area contributed by atoms with Crippen molar-refractivity contribution < 1.29 is 28.6 Å². The van der Waals surface area contributed by atoms with Crippen LogP contribution in [0.5, 0.6) is 0 Å². The van der Waals surface area contributed by atoms with Crippen molar-refractivity contribution in [2.75, 3.05) is 0 Å². The van der Waals surface area contributed by atoms with Gasteiger partial charge in [0.05, 0.1) is 36.2 Å². The van der Waals surface area contributed by atoms with E-state index >= 15 is 0 Å². The van der Waals surface area contributed by atoms with Gasteiger partial charge in [-0.3, -0.25) is 9.97 Å². The van der Waals surface area contributed by atoms with Gasteiger partial charge in [-0.1, -0.05) is 164 Å². The third-order valence-electron chi connectivity index (χ3n) is 13.7. The predicted octanol–water partition coefficient (Wildman–Crippen LogP) is 16.4. The first kappa shape index (κ1) is 46.2. The third kappa shape index (κ3) is 9.40. The standard InChI is InChI=1S/C39H36N3O.C24H28NSi.Ir/c1-22(2)32-20-28(27-14-9-8-10-15-27)21-33(23(3)4)37(32)42-36-26(7)40-25(6)24(5)35(36)41-39(42)31-18-13-17-30-29-16-11-12-19-34(29)43-38(30)31;1-18-12-14-19(15-13-18)22-16-21(23(17-25-22)26(4,5)6)24(2,3)20-10-8-7-9-11-20;/h8-17,19-23H,1-7H3;7-14,16-17H,1-6H3;/q2*-1;/i;1D3;. The zero-order chi connectivity index (χ0) is 51.4. The maximum atomic E-state index is 7.56. The summed E-state index contributed by atoms with van der Waals surface area (Å²) in [7, 11) is -1.63. The van der Waals surface area contributed by atoms with Crippen molar-refractivity contribution in [1.29, 1.82) is 0 Å². The molecule has 0 bridgehead atoms. The summed E-state index contributed by atoms with van der Waals surface area (Å²) >= 11 is 0. The number of hydrogen-bond donors (Lipinski definition) is 0. The van der Waals surface area contributed by atoms with Crippen molar-refractivity contribution in [2.24, 2.45) is 0 Å². The molecule has 6 aromatic carbocycles. The smallest absolute Gasteiger partial charge is 0.120 e. The summed E-state index contributed by atoms with van der Waals surface area (Å²) in [6.07, 6.45) is 2.02. The fourth-order valence-corrected chi connectivity index (χ4v) is 11.4. The van der Waals surface area contributed by atoms with Gasteiger partial charge < -0.3 is 14.0 Å². The number of imidazole rings is 1. The van der Waals surface area contributed by atoms with Gasteiger partial charge in [0.15, 0.2) is 0 Å². The van der Waals surface area contributed by atoms with E-state index in [4.69, 9.17) is 23.5 Å². The van der Waals surface area contributed by atoms with Crippen LogP contribution in [0, 0.1) is 39.8 Å². The predicted molar refractivity (Wildman–Crippen MR) is 293 cm³/mol. The van der Waals surface area contributed by atoms with E-state index in [9.17, 15) is 0 Å². The number of pyridine rings is 2. The second-order valence-corrected chi connectivity index (χ2v) is 25.6. The fourth-order valence-electron chi connectivity index (χ4n) is 9.74.